The first kappa shape index (κ1) is 41.9. The average molecular weight is 765 g/mol. The van der Waals surface area contributed by atoms with Gasteiger partial charge in [-0.2, -0.15) is 0 Å². The zero-order valence-electron chi connectivity index (χ0n) is 29.0. The quantitative estimate of drug-likeness (QED) is 0.0420. The Balaban J connectivity index is 1.92. The molecule has 0 bridgehead atoms. The first-order chi connectivity index (χ1) is 24.7. The Bertz CT molecular complexity index is 1480. The minimum absolute atomic E-state index is 0.0414. The number of hydrogen-bond donors (Lipinski definition) is 9. The molecule has 1 aromatic rings. The van der Waals surface area contributed by atoms with Gasteiger partial charge in [0.2, 0.25) is 41.4 Å². The minimum atomic E-state index is -1.35. The number of rotatable bonds is 13. The molecule has 20 heteroatoms. The maximum Gasteiger partial charge on any atom is 0.246 e. The van der Waals surface area contributed by atoms with Gasteiger partial charge >= 0.3 is 0 Å². The van der Waals surface area contributed by atoms with E-state index in [2.05, 4.69) is 31.6 Å². The van der Waals surface area contributed by atoms with E-state index in [1.165, 1.54) is 18.7 Å². The summed E-state index contributed by atoms with van der Waals surface area (Å²) in [6.45, 7) is 2.91. The van der Waals surface area contributed by atoms with Gasteiger partial charge in [-0.15, -0.1) is 0 Å². The van der Waals surface area contributed by atoms with Gasteiger partial charge in [-0.25, -0.2) is 0 Å². The molecule has 0 saturated carbocycles. The van der Waals surface area contributed by atoms with Crippen molar-refractivity contribution in [3.8, 4) is 0 Å². The van der Waals surface area contributed by atoms with E-state index in [1.54, 1.807) is 30.3 Å². The van der Waals surface area contributed by atoms with Gasteiger partial charge in [0.05, 0.1) is 6.10 Å². The van der Waals surface area contributed by atoms with E-state index >= 15 is 0 Å². The molecule has 2 fully saturated rings. The second-order valence-corrected chi connectivity index (χ2v) is 15.0. The van der Waals surface area contributed by atoms with Crippen LogP contribution in [0.15, 0.2) is 35.3 Å². The number of nitrogens with two attached hydrogens (primary N) is 3. The van der Waals surface area contributed by atoms with Crippen molar-refractivity contribution >= 4 is 68.9 Å². The molecule has 3 rings (SSSR count). The molecule has 0 radical (unpaired) electrons. The molecule has 18 nitrogen and oxygen atoms in total. The zero-order chi connectivity index (χ0) is 38.4. The summed E-state index contributed by atoms with van der Waals surface area (Å²) in [4.78, 5) is 97.7. The maximum absolute atomic E-state index is 14.0. The third-order valence-electron chi connectivity index (χ3n) is 8.28. The molecular formula is C32H48N10O8S2. The van der Waals surface area contributed by atoms with E-state index in [-0.39, 0.29) is 43.4 Å². The Morgan fingerprint density at radius 1 is 1.02 bits per heavy atom. The first-order valence-corrected chi connectivity index (χ1v) is 19.3. The smallest absolute Gasteiger partial charge is 0.246 e. The number of hydrogen-bond acceptors (Lipinski definition) is 11. The highest BCUT2D eigenvalue weighted by Gasteiger charge is 2.40. The van der Waals surface area contributed by atoms with Crippen molar-refractivity contribution in [2.75, 3.05) is 24.6 Å². The summed E-state index contributed by atoms with van der Waals surface area (Å²) in [7, 11) is 2.23. The number of amides is 7. The van der Waals surface area contributed by atoms with E-state index in [1.807, 2.05) is 0 Å². The maximum atomic E-state index is 14.0. The first-order valence-electron chi connectivity index (χ1n) is 16.8. The van der Waals surface area contributed by atoms with Gasteiger partial charge < -0.3 is 53.8 Å². The van der Waals surface area contributed by atoms with Crippen LogP contribution in [0.1, 0.15) is 45.1 Å². The van der Waals surface area contributed by atoms with Crippen LogP contribution in [0.4, 0.5) is 0 Å². The molecule has 2 aliphatic heterocycles. The van der Waals surface area contributed by atoms with E-state index in [0.717, 1.165) is 27.2 Å². The molecule has 0 aromatic heterocycles. The Kier molecular flexibility index (Phi) is 16.5. The molecule has 0 aliphatic carbocycles. The van der Waals surface area contributed by atoms with Crippen molar-refractivity contribution in [2.24, 2.45) is 22.2 Å². The Morgan fingerprint density at radius 3 is 2.35 bits per heavy atom. The normalized spacial score (nSPS) is 23.0. The fourth-order valence-electron chi connectivity index (χ4n) is 5.64. The highest BCUT2D eigenvalue weighted by Crippen LogP contribution is 2.26. The molecule has 286 valence electrons. The molecular weight excluding hydrogens is 717 g/mol. The molecule has 2 saturated heterocycles. The molecule has 0 spiro atoms. The van der Waals surface area contributed by atoms with Gasteiger partial charge in [0.1, 0.15) is 36.3 Å². The van der Waals surface area contributed by atoms with Crippen molar-refractivity contribution in [2.45, 2.75) is 88.3 Å². The van der Waals surface area contributed by atoms with Crippen LogP contribution < -0.4 is 43.8 Å². The summed E-state index contributed by atoms with van der Waals surface area (Å²) in [6, 6.07) is 1.91. The van der Waals surface area contributed by atoms with Crippen LogP contribution in [0.25, 0.3) is 0 Å². The molecule has 2 aliphatic rings. The fourth-order valence-corrected chi connectivity index (χ4v) is 7.96. The predicted molar refractivity (Wildman–Crippen MR) is 196 cm³/mol. The Labute approximate surface area is 309 Å². The number of nitrogens with one attached hydrogen (secondary N) is 5. The number of guanidine groups is 1. The lowest BCUT2D eigenvalue weighted by Crippen LogP contribution is -2.61. The number of fused-ring (bicyclic) bond motifs is 1. The van der Waals surface area contributed by atoms with Crippen LogP contribution in [0.2, 0.25) is 0 Å². The van der Waals surface area contributed by atoms with Crippen molar-refractivity contribution in [3.05, 3.63) is 35.9 Å². The fraction of sp³-hybridized carbons (Fsp3) is 0.562. The van der Waals surface area contributed by atoms with E-state index < -0.39 is 83.7 Å². The summed E-state index contributed by atoms with van der Waals surface area (Å²) >= 11 is 0. The SMILES string of the molecule is CC(=O)N[C@H](C(=O)N[C@H]1CSSC[C@@H](C(=O)N[C@@H](CCCN=C(N)N)C(N)=O)NC(=O)[C@H](Cc2ccccc2)NC(=O)[C@@H]2CCCN2C1=O)[C@@H](C)O. The number of aliphatic hydroxyl groups is 1. The van der Waals surface area contributed by atoms with E-state index in [4.69, 9.17) is 17.2 Å². The second kappa shape index (κ2) is 20.5. The van der Waals surface area contributed by atoms with Crippen LogP contribution in [-0.2, 0) is 40.0 Å². The standard InChI is InChI=1S/C32H48N10O8S2/c1-17(43)25(37-18(2)44)30(49)41-23-16-52-51-15-22(28(47)38-20(26(33)45)10-6-12-36-32(34)35)40-27(46)21(14-19-8-4-3-5-9-19)39-29(48)24-11-7-13-42(24)31(23)50/h3-5,8-9,17,20-25,43H,6-7,10-16H2,1-2H3,(H2,33,45)(H,37,44)(H,38,47)(H,39,48)(H,40,46)(H,41,49)(H4,34,35,36)/t17-,20+,21+,22+,23+,24+,25+/m1/s1. The largest absolute Gasteiger partial charge is 0.391 e. The van der Waals surface area contributed by atoms with Crippen LogP contribution in [0, 0.1) is 0 Å². The molecule has 2 heterocycles. The van der Waals surface area contributed by atoms with Gasteiger partial charge in [0.15, 0.2) is 5.96 Å². The minimum Gasteiger partial charge on any atom is -0.391 e. The molecule has 0 unspecified atom stereocenters. The third kappa shape index (κ3) is 12.9. The summed E-state index contributed by atoms with van der Waals surface area (Å²) in [6.07, 6.45) is -0.0163. The topological polar surface area (TPSA) is 294 Å². The van der Waals surface area contributed by atoms with Gasteiger partial charge in [-0.1, -0.05) is 51.9 Å². The summed E-state index contributed by atoms with van der Waals surface area (Å²) < 4.78 is 0. The van der Waals surface area contributed by atoms with Crippen LogP contribution in [-0.4, -0.2) is 124 Å². The van der Waals surface area contributed by atoms with Crippen LogP contribution >= 0.6 is 21.6 Å². The Morgan fingerprint density at radius 2 is 1.71 bits per heavy atom. The zero-order valence-corrected chi connectivity index (χ0v) is 30.7. The van der Waals surface area contributed by atoms with E-state index in [9.17, 15) is 38.7 Å². The van der Waals surface area contributed by atoms with E-state index in [0.29, 0.717) is 19.3 Å². The number of aliphatic hydroxyl groups excluding tert-OH is 1. The number of aliphatic imine (C=N–C) groups is 1. The molecule has 7 amide bonds. The lowest BCUT2D eigenvalue weighted by molar-refractivity contribution is -0.142. The lowest BCUT2D eigenvalue weighted by atomic mass is 10.0. The second-order valence-electron chi connectivity index (χ2n) is 12.5. The summed E-state index contributed by atoms with van der Waals surface area (Å²) in [5.74, 6) is -4.95. The number of primary amides is 1. The van der Waals surface area contributed by atoms with Crippen LogP contribution in [0.3, 0.4) is 0 Å². The predicted octanol–water partition coefficient (Wildman–Crippen LogP) is -3.02. The highest BCUT2D eigenvalue weighted by molar-refractivity contribution is 8.76. The molecule has 52 heavy (non-hydrogen) atoms. The number of carbonyl (C=O) groups excluding carboxylic acids is 7. The van der Waals surface area contributed by atoms with Crippen molar-refractivity contribution in [1.29, 1.82) is 0 Å². The van der Waals surface area contributed by atoms with Gasteiger partial charge in [0, 0.05) is 37.9 Å². The average Bonchev–Trinajstić information content (AvgIpc) is 3.58. The lowest BCUT2D eigenvalue weighted by Gasteiger charge is -2.31. The van der Waals surface area contributed by atoms with Crippen molar-refractivity contribution in [3.63, 3.8) is 0 Å². The van der Waals surface area contributed by atoms with Crippen molar-refractivity contribution in [1.82, 2.24) is 31.5 Å². The monoisotopic (exact) mass is 764 g/mol. The third-order valence-corrected chi connectivity index (χ3v) is 10.7. The van der Waals surface area contributed by atoms with Crippen molar-refractivity contribution < 1.29 is 38.7 Å². The number of carbonyl (C=O) groups is 7. The Hall–Kier alpha value is -4.56. The van der Waals surface area contributed by atoms with Gasteiger partial charge in [0.25, 0.3) is 0 Å². The molecule has 7 atom stereocenters. The van der Waals surface area contributed by atoms with Gasteiger partial charge in [-0.3, -0.25) is 38.6 Å². The molecule has 12 N–H and O–H groups in total. The summed E-state index contributed by atoms with van der Waals surface area (Å²) in [5.41, 5.74) is 17.0. The highest BCUT2D eigenvalue weighted by atomic mass is 33.1. The molecule has 1 aromatic carbocycles. The number of benzene rings is 1. The number of nitrogens with zero attached hydrogens (tertiary/aromatic N) is 2. The summed E-state index contributed by atoms with van der Waals surface area (Å²) in [5, 5.41) is 23.3. The van der Waals surface area contributed by atoms with Gasteiger partial charge in [-0.05, 0) is 38.2 Å². The van der Waals surface area contributed by atoms with Crippen LogP contribution in [0.5, 0.6) is 0 Å².